The number of halogens is 3. The molecule has 1 unspecified atom stereocenters. The van der Waals surface area contributed by atoms with Gasteiger partial charge in [0.05, 0.1) is 11.9 Å². The number of fused-ring (bicyclic) bond motifs is 3. The minimum atomic E-state index is -4.94. The van der Waals surface area contributed by atoms with Gasteiger partial charge in [-0.2, -0.15) is 13.2 Å². The van der Waals surface area contributed by atoms with Crippen LogP contribution in [0.1, 0.15) is 23.2 Å². The molecule has 0 saturated carbocycles. The van der Waals surface area contributed by atoms with E-state index >= 15 is 0 Å². The lowest BCUT2D eigenvalue weighted by Gasteiger charge is -2.35. The molecule has 3 N–H and O–H groups in total. The summed E-state index contributed by atoms with van der Waals surface area (Å²) in [4.78, 5) is 14.4. The number of aromatic amines is 1. The highest BCUT2D eigenvalue weighted by molar-refractivity contribution is 6.01. The van der Waals surface area contributed by atoms with Crippen LogP contribution in [0.5, 0.6) is 0 Å². The van der Waals surface area contributed by atoms with Crippen molar-refractivity contribution < 1.29 is 23.1 Å². The van der Waals surface area contributed by atoms with Crippen LogP contribution in [0.3, 0.4) is 0 Å². The van der Waals surface area contributed by atoms with E-state index in [1.54, 1.807) is 19.9 Å². The Morgan fingerprint density at radius 1 is 1.29 bits per heavy atom. The molecule has 1 amide bonds. The summed E-state index contributed by atoms with van der Waals surface area (Å²) in [6, 6.07) is 3.03. The fourth-order valence-corrected chi connectivity index (χ4v) is 2.82. The molecule has 7 heteroatoms. The quantitative estimate of drug-likeness (QED) is 0.700. The Morgan fingerprint density at radius 3 is 2.57 bits per heavy atom. The number of rotatable bonds is 0. The fraction of sp³-hybridized carbons (Fsp3) is 0.357. The molecule has 1 aromatic carbocycles. The largest absolute Gasteiger partial charge is 0.422 e. The molecule has 1 atom stereocenters. The van der Waals surface area contributed by atoms with E-state index in [2.05, 4.69) is 10.3 Å². The van der Waals surface area contributed by atoms with Crippen molar-refractivity contribution in [1.82, 2.24) is 4.98 Å². The Labute approximate surface area is 118 Å². The zero-order valence-electron chi connectivity index (χ0n) is 11.4. The van der Waals surface area contributed by atoms with Crippen molar-refractivity contribution in [2.24, 2.45) is 0 Å². The molecule has 2 heterocycles. The van der Waals surface area contributed by atoms with E-state index in [0.717, 1.165) is 11.3 Å². The predicted molar refractivity (Wildman–Crippen MR) is 71.0 cm³/mol. The maximum Gasteiger partial charge on any atom is 0.422 e. The number of amides is 1. The summed E-state index contributed by atoms with van der Waals surface area (Å²) in [5.74, 6) is -0.860. The van der Waals surface area contributed by atoms with Crippen LogP contribution in [0.25, 0.3) is 10.9 Å². The van der Waals surface area contributed by atoms with Gasteiger partial charge in [-0.25, -0.2) is 0 Å². The van der Waals surface area contributed by atoms with Crippen molar-refractivity contribution in [2.45, 2.75) is 32.0 Å². The van der Waals surface area contributed by atoms with Gasteiger partial charge in [0.25, 0.3) is 0 Å². The molecule has 0 bridgehead atoms. The molecule has 4 nitrogen and oxygen atoms in total. The molecule has 0 fully saturated rings. The molecule has 1 aliphatic rings. The summed E-state index contributed by atoms with van der Waals surface area (Å²) in [5.41, 5.74) is -1.77. The standard InChI is InChI=1S/C14H13F3N2O2/c1-6-7(2)18-12-8(6)3-4-9-11(12)13(21,14(15,16)17)5-10(20)19-9/h3-4,18,21H,5H2,1-2H3,(H,19,20). The second kappa shape index (κ2) is 4.00. The zero-order chi connectivity index (χ0) is 15.6. The van der Waals surface area contributed by atoms with Crippen molar-refractivity contribution in [3.05, 3.63) is 29.0 Å². The summed E-state index contributed by atoms with van der Waals surface area (Å²) >= 11 is 0. The van der Waals surface area contributed by atoms with E-state index in [-0.39, 0.29) is 16.8 Å². The minimum Gasteiger partial charge on any atom is -0.376 e. The summed E-state index contributed by atoms with van der Waals surface area (Å²) < 4.78 is 40.1. The first kappa shape index (κ1) is 13.9. The lowest BCUT2D eigenvalue weighted by atomic mass is 9.83. The van der Waals surface area contributed by atoms with Crippen molar-refractivity contribution >= 4 is 22.5 Å². The third-order valence-electron chi connectivity index (χ3n) is 4.06. The molecule has 0 radical (unpaired) electrons. The van der Waals surface area contributed by atoms with Crippen LogP contribution in [0.2, 0.25) is 0 Å². The summed E-state index contributed by atoms with van der Waals surface area (Å²) in [6.45, 7) is 3.53. The Hall–Kier alpha value is -2.02. The number of hydrogen-bond acceptors (Lipinski definition) is 2. The topological polar surface area (TPSA) is 65.1 Å². The number of benzene rings is 1. The van der Waals surface area contributed by atoms with Gasteiger partial charge in [-0.3, -0.25) is 4.79 Å². The molecule has 0 aliphatic carbocycles. The smallest absolute Gasteiger partial charge is 0.376 e. The van der Waals surface area contributed by atoms with E-state index in [1.807, 2.05) is 0 Å². The maximum atomic E-state index is 13.4. The third kappa shape index (κ3) is 1.77. The predicted octanol–water partition coefficient (Wildman–Crippen LogP) is 2.88. The number of aliphatic hydroxyl groups is 1. The fourth-order valence-electron chi connectivity index (χ4n) is 2.82. The van der Waals surface area contributed by atoms with Gasteiger partial charge in [0, 0.05) is 22.3 Å². The van der Waals surface area contributed by atoms with Crippen molar-refractivity contribution in [3.63, 3.8) is 0 Å². The number of carbonyl (C=O) groups is 1. The Balaban J connectivity index is 2.42. The monoisotopic (exact) mass is 298 g/mol. The van der Waals surface area contributed by atoms with Crippen molar-refractivity contribution in [2.75, 3.05) is 5.32 Å². The zero-order valence-corrected chi connectivity index (χ0v) is 11.4. The molecule has 21 heavy (non-hydrogen) atoms. The van der Waals surface area contributed by atoms with Crippen LogP contribution in [0.4, 0.5) is 18.9 Å². The molecular weight excluding hydrogens is 285 g/mol. The number of H-pyrrole nitrogens is 1. The second-order valence-electron chi connectivity index (χ2n) is 5.37. The Morgan fingerprint density at radius 2 is 1.95 bits per heavy atom. The van der Waals surface area contributed by atoms with Gasteiger partial charge in [-0.15, -0.1) is 0 Å². The van der Waals surface area contributed by atoms with E-state index in [0.29, 0.717) is 5.39 Å². The lowest BCUT2D eigenvalue weighted by molar-refractivity contribution is -0.267. The van der Waals surface area contributed by atoms with Crippen LogP contribution < -0.4 is 5.32 Å². The Kier molecular flexibility index (Phi) is 2.66. The van der Waals surface area contributed by atoms with Crippen LogP contribution in [-0.4, -0.2) is 22.2 Å². The lowest BCUT2D eigenvalue weighted by Crippen LogP contribution is -2.48. The van der Waals surface area contributed by atoms with Crippen molar-refractivity contribution in [3.8, 4) is 0 Å². The van der Waals surface area contributed by atoms with Gasteiger partial charge in [0.15, 0.2) is 5.60 Å². The Bertz CT molecular complexity index is 764. The van der Waals surface area contributed by atoms with Crippen LogP contribution in [0, 0.1) is 13.8 Å². The molecule has 112 valence electrons. The summed E-state index contributed by atoms with van der Waals surface area (Å²) in [7, 11) is 0. The minimum absolute atomic E-state index is 0.0141. The summed E-state index contributed by atoms with van der Waals surface area (Å²) in [5, 5.41) is 13.2. The third-order valence-corrected chi connectivity index (χ3v) is 4.06. The average molecular weight is 298 g/mol. The number of carbonyl (C=O) groups excluding carboxylic acids is 1. The van der Waals surface area contributed by atoms with E-state index in [4.69, 9.17) is 0 Å². The second-order valence-corrected chi connectivity index (χ2v) is 5.37. The van der Waals surface area contributed by atoms with Gasteiger partial charge < -0.3 is 15.4 Å². The van der Waals surface area contributed by atoms with Crippen molar-refractivity contribution in [1.29, 1.82) is 0 Å². The van der Waals surface area contributed by atoms with Gasteiger partial charge in [0.2, 0.25) is 5.91 Å². The van der Waals surface area contributed by atoms with Crippen LogP contribution >= 0.6 is 0 Å². The molecule has 0 saturated heterocycles. The first-order chi connectivity index (χ1) is 9.65. The van der Waals surface area contributed by atoms with Crippen LogP contribution in [-0.2, 0) is 10.4 Å². The first-order valence-electron chi connectivity index (χ1n) is 6.36. The molecule has 1 aliphatic heterocycles. The normalized spacial score (nSPS) is 22.3. The highest BCUT2D eigenvalue weighted by atomic mass is 19.4. The molecule has 0 spiro atoms. The van der Waals surface area contributed by atoms with E-state index in [9.17, 15) is 23.1 Å². The number of aromatic nitrogens is 1. The SMILES string of the molecule is Cc1[nH]c2c3c(ccc2c1C)NC(=O)CC3(O)C(F)(F)F. The van der Waals surface area contributed by atoms with Gasteiger partial charge in [-0.1, -0.05) is 6.07 Å². The highest BCUT2D eigenvalue weighted by Crippen LogP contribution is 2.49. The average Bonchev–Trinajstić information content (AvgIpc) is 2.63. The summed E-state index contributed by atoms with van der Waals surface area (Å²) in [6.07, 6.45) is -5.99. The highest BCUT2D eigenvalue weighted by Gasteiger charge is 2.59. The van der Waals surface area contributed by atoms with Gasteiger partial charge >= 0.3 is 6.18 Å². The first-order valence-corrected chi connectivity index (χ1v) is 6.36. The van der Waals surface area contributed by atoms with Crippen LogP contribution in [0.15, 0.2) is 12.1 Å². The molecule has 2 aromatic rings. The molecule has 3 rings (SSSR count). The number of nitrogens with one attached hydrogen (secondary N) is 2. The molecular formula is C14H13F3N2O2. The van der Waals surface area contributed by atoms with E-state index in [1.165, 1.54) is 6.07 Å². The van der Waals surface area contributed by atoms with Gasteiger partial charge in [0.1, 0.15) is 0 Å². The van der Waals surface area contributed by atoms with Gasteiger partial charge in [-0.05, 0) is 25.5 Å². The number of anilines is 1. The van der Waals surface area contributed by atoms with E-state index < -0.39 is 24.1 Å². The maximum absolute atomic E-state index is 13.4. The number of alkyl halides is 3. The number of aryl methyl sites for hydroxylation is 2. The molecule has 1 aromatic heterocycles. The number of hydrogen-bond donors (Lipinski definition) is 3.